The first kappa shape index (κ1) is 20.5. The largest absolute Gasteiger partial charge is 0.507 e. The molecule has 0 aliphatic carbocycles. The fraction of sp³-hybridized carbons (Fsp3) is 0.0909. The molecule has 0 aliphatic rings. The van der Waals surface area contributed by atoms with Crippen molar-refractivity contribution >= 4 is 21.8 Å². The lowest BCUT2D eigenvalue weighted by molar-refractivity contribution is 0.471. The van der Waals surface area contributed by atoms with Gasteiger partial charge in [0.05, 0.1) is 11.0 Å². The van der Waals surface area contributed by atoms with Gasteiger partial charge >= 0.3 is 0 Å². The summed E-state index contributed by atoms with van der Waals surface area (Å²) in [4.78, 5) is 50.1. The molecule has 2 aromatic heterocycles. The van der Waals surface area contributed by atoms with Gasteiger partial charge in [-0.3, -0.25) is 19.2 Å². The van der Waals surface area contributed by atoms with Crippen molar-refractivity contribution in [3.8, 4) is 11.5 Å². The summed E-state index contributed by atoms with van der Waals surface area (Å²) in [5.41, 5.74) is 0.199. The summed E-state index contributed by atoms with van der Waals surface area (Å²) >= 11 is 0. The van der Waals surface area contributed by atoms with E-state index in [9.17, 15) is 29.4 Å². The molecule has 152 valence electrons. The van der Waals surface area contributed by atoms with Gasteiger partial charge in [-0.2, -0.15) is 0 Å². The van der Waals surface area contributed by atoms with E-state index >= 15 is 0 Å². The molecular weight excluding hydrogens is 388 g/mol. The molecule has 0 amide bonds. The lowest BCUT2D eigenvalue weighted by Crippen LogP contribution is -2.22. The Kier molecular flexibility index (Phi) is 5.50. The molecule has 0 saturated carbocycles. The number of aromatic hydroxyl groups is 2. The van der Waals surface area contributed by atoms with E-state index in [1.807, 2.05) is 13.8 Å². The monoisotopic (exact) mass is 406 g/mol. The SMILES string of the molecule is Cc1ccc2[nH]c(=O)c(=O)cc(O)c2c1.Cc1ccc2[nH]c(=O)cc(O)c(=O)c2c1. The van der Waals surface area contributed by atoms with Crippen molar-refractivity contribution in [2.45, 2.75) is 13.8 Å². The van der Waals surface area contributed by atoms with Crippen LogP contribution in [0.4, 0.5) is 0 Å². The van der Waals surface area contributed by atoms with Crippen LogP contribution >= 0.6 is 0 Å². The minimum atomic E-state index is -0.749. The van der Waals surface area contributed by atoms with E-state index in [0.29, 0.717) is 21.8 Å². The summed E-state index contributed by atoms with van der Waals surface area (Å²) in [5.74, 6) is -0.714. The molecule has 30 heavy (non-hydrogen) atoms. The highest BCUT2D eigenvalue weighted by molar-refractivity contribution is 5.84. The summed E-state index contributed by atoms with van der Waals surface area (Å²) in [6.07, 6.45) is 0. The molecule has 0 radical (unpaired) electrons. The Morgan fingerprint density at radius 1 is 0.667 bits per heavy atom. The van der Waals surface area contributed by atoms with Crippen molar-refractivity contribution in [1.29, 1.82) is 0 Å². The number of rotatable bonds is 0. The fourth-order valence-corrected chi connectivity index (χ4v) is 2.88. The first-order valence-electron chi connectivity index (χ1n) is 8.89. The zero-order valence-corrected chi connectivity index (χ0v) is 16.1. The number of aryl methyl sites for hydroxylation is 2. The topological polar surface area (TPSA) is 140 Å². The van der Waals surface area contributed by atoms with Crippen LogP contribution in [0, 0.1) is 13.8 Å². The molecule has 4 N–H and O–H groups in total. The molecule has 4 rings (SSSR count). The smallest absolute Gasteiger partial charge is 0.296 e. The van der Waals surface area contributed by atoms with Crippen LogP contribution in [0.2, 0.25) is 0 Å². The predicted molar refractivity (Wildman–Crippen MR) is 114 cm³/mol. The van der Waals surface area contributed by atoms with Crippen LogP contribution in [-0.2, 0) is 0 Å². The maximum atomic E-state index is 11.6. The third kappa shape index (κ3) is 4.27. The van der Waals surface area contributed by atoms with E-state index in [0.717, 1.165) is 23.3 Å². The molecule has 8 heteroatoms. The number of H-pyrrole nitrogens is 2. The first-order chi connectivity index (χ1) is 14.2. The van der Waals surface area contributed by atoms with Crippen molar-refractivity contribution in [3.05, 3.63) is 101 Å². The highest BCUT2D eigenvalue weighted by Crippen LogP contribution is 2.20. The molecule has 0 unspecified atom stereocenters. The van der Waals surface area contributed by atoms with Gasteiger partial charge in [0.25, 0.3) is 11.1 Å². The Bertz CT molecular complexity index is 1520. The first-order valence-corrected chi connectivity index (χ1v) is 8.89. The number of hydrogen-bond acceptors (Lipinski definition) is 6. The van der Waals surface area contributed by atoms with Crippen molar-refractivity contribution in [1.82, 2.24) is 9.97 Å². The van der Waals surface area contributed by atoms with Gasteiger partial charge in [0, 0.05) is 22.9 Å². The summed E-state index contributed by atoms with van der Waals surface area (Å²) in [6.45, 7) is 3.70. The highest BCUT2D eigenvalue weighted by Gasteiger charge is 2.03. The van der Waals surface area contributed by atoms with E-state index < -0.39 is 27.7 Å². The lowest BCUT2D eigenvalue weighted by Gasteiger charge is -1.96. The predicted octanol–water partition coefficient (Wildman–Crippen LogP) is 1.80. The Balaban J connectivity index is 0.000000171. The van der Waals surface area contributed by atoms with Gasteiger partial charge in [-0.15, -0.1) is 0 Å². The van der Waals surface area contributed by atoms with Crippen LogP contribution in [0.3, 0.4) is 0 Å². The summed E-state index contributed by atoms with van der Waals surface area (Å²) < 4.78 is 0. The van der Waals surface area contributed by atoms with Crippen LogP contribution < -0.4 is 22.0 Å². The molecular formula is C22H18N2O6. The van der Waals surface area contributed by atoms with Crippen LogP contribution in [0.5, 0.6) is 11.5 Å². The minimum absolute atomic E-state index is 0.183. The van der Waals surface area contributed by atoms with Crippen LogP contribution in [-0.4, -0.2) is 20.2 Å². The second-order valence-electron chi connectivity index (χ2n) is 6.79. The molecule has 0 bridgehead atoms. The Morgan fingerprint density at radius 3 is 1.87 bits per heavy atom. The quantitative estimate of drug-likeness (QED) is 0.328. The molecule has 2 aromatic carbocycles. The molecule has 0 aliphatic heterocycles. The van der Waals surface area contributed by atoms with Gasteiger partial charge in [0.2, 0.25) is 10.9 Å². The third-order valence-electron chi connectivity index (χ3n) is 4.37. The van der Waals surface area contributed by atoms with E-state index in [1.165, 1.54) is 0 Å². The normalized spacial score (nSPS) is 10.5. The zero-order valence-electron chi connectivity index (χ0n) is 16.1. The average molecular weight is 406 g/mol. The highest BCUT2D eigenvalue weighted by atomic mass is 16.3. The van der Waals surface area contributed by atoms with Gasteiger partial charge in [0.15, 0.2) is 5.75 Å². The number of benzene rings is 2. The van der Waals surface area contributed by atoms with E-state index in [2.05, 4.69) is 9.97 Å². The zero-order chi connectivity index (χ0) is 22.0. The van der Waals surface area contributed by atoms with Gasteiger partial charge in [-0.1, -0.05) is 23.3 Å². The van der Waals surface area contributed by atoms with E-state index in [1.54, 1.807) is 36.4 Å². The summed E-state index contributed by atoms with van der Waals surface area (Å²) in [6, 6.07) is 12.0. The standard InChI is InChI=1S/2C11H9NO3/c1-6-2-3-8-7(4-6)11(15)9(13)5-10(14)12-8;1-6-2-3-8-7(4-6)9(13)5-10(14)11(15)12-8/h2-5H,1H3,(H,12,14)(H,13,15);2-5,13H,1H3,(H,12,14,15). The maximum absolute atomic E-state index is 11.6. The molecule has 2 heterocycles. The Labute approximate surface area is 168 Å². The fourth-order valence-electron chi connectivity index (χ4n) is 2.88. The Hall–Kier alpha value is -4.20. The molecule has 8 nitrogen and oxygen atoms in total. The molecule has 0 saturated heterocycles. The van der Waals surface area contributed by atoms with Crippen molar-refractivity contribution in [2.75, 3.05) is 0 Å². The second kappa shape index (κ2) is 8.04. The average Bonchev–Trinajstić information content (AvgIpc) is 2.86. The van der Waals surface area contributed by atoms with E-state index in [4.69, 9.17) is 0 Å². The van der Waals surface area contributed by atoms with Crippen molar-refractivity contribution in [3.63, 3.8) is 0 Å². The molecule has 4 aromatic rings. The maximum Gasteiger partial charge on any atom is 0.296 e. The van der Waals surface area contributed by atoms with Crippen molar-refractivity contribution in [2.24, 2.45) is 0 Å². The lowest BCUT2D eigenvalue weighted by atomic mass is 10.1. The third-order valence-corrected chi connectivity index (χ3v) is 4.37. The molecule has 0 atom stereocenters. The molecule has 0 spiro atoms. The van der Waals surface area contributed by atoms with Crippen LogP contribution in [0.15, 0.2) is 67.7 Å². The second-order valence-corrected chi connectivity index (χ2v) is 6.79. The summed E-state index contributed by atoms with van der Waals surface area (Å²) in [5, 5.41) is 19.7. The minimum Gasteiger partial charge on any atom is -0.507 e. The number of aromatic nitrogens is 2. The van der Waals surface area contributed by atoms with Gasteiger partial charge in [-0.05, 0) is 38.1 Å². The number of aromatic amines is 2. The summed E-state index contributed by atoms with van der Waals surface area (Å²) in [7, 11) is 0. The van der Waals surface area contributed by atoms with E-state index in [-0.39, 0.29) is 5.75 Å². The van der Waals surface area contributed by atoms with Crippen molar-refractivity contribution < 1.29 is 10.2 Å². The number of hydrogen-bond donors (Lipinski definition) is 4. The van der Waals surface area contributed by atoms with Gasteiger partial charge < -0.3 is 20.2 Å². The van der Waals surface area contributed by atoms with Gasteiger partial charge in [-0.25, -0.2) is 0 Å². The Morgan fingerprint density at radius 2 is 1.23 bits per heavy atom. The number of nitrogens with one attached hydrogen (secondary N) is 2. The van der Waals surface area contributed by atoms with Crippen LogP contribution in [0.1, 0.15) is 11.1 Å². The van der Waals surface area contributed by atoms with Gasteiger partial charge in [0.1, 0.15) is 5.75 Å². The molecule has 0 fully saturated rings. The van der Waals surface area contributed by atoms with Crippen LogP contribution in [0.25, 0.3) is 21.8 Å². The number of fused-ring (bicyclic) bond motifs is 2.